The summed E-state index contributed by atoms with van der Waals surface area (Å²) in [5, 5.41) is 1.94. The van der Waals surface area contributed by atoms with Gasteiger partial charge in [-0.1, -0.05) is 30.3 Å². The molecule has 1 aliphatic heterocycles. The molecule has 1 saturated heterocycles. The van der Waals surface area contributed by atoms with Crippen LogP contribution in [0, 0.1) is 5.92 Å². The monoisotopic (exact) mass is 332 g/mol. The summed E-state index contributed by atoms with van der Waals surface area (Å²) < 4.78 is 22.7. The molecular weight excluding hydrogens is 316 g/mol. The smallest absolute Gasteiger partial charge is 0.269 e. The lowest BCUT2D eigenvalue weighted by Crippen LogP contribution is -2.44. The van der Waals surface area contributed by atoms with E-state index in [1.54, 1.807) is 12.1 Å². The van der Waals surface area contributed by atoms with Crippen LogP contribution < -0.4 is 10.9 Å². The number of hydrazine groups is 1. The Balaban J connectivity index is 1.63. The molecule has 120 valence electrons. The van der Waals surface area contributed by atoms with Crippen LogP contribution in [0.3, 0.4) is 0 Å². The normalized spacial score (nSPS) is 19.4. The Morgan fingerprint density at radius 1 is 1.00 bits per heavy atom. The Hall–Kier alpha value is -2.41. The molecule has 2 N–H and O–H groups in total. The van der Waals surface area contributed by atoms with Gasteiger partial charge in [0.1, 0.15) is 0 Å². The van der Waals surface area contributed by atoms with Gasteiger partial charge in [-0.25, -0.2) is 8.42 Å². The third kappa shape index (κ3) is 3.50. The minimum atomic E-state index is -3.13. The van der Waals surface area contributed by atoms with Crippen molar-refractivity contribution in [1.82, 2.24) is 10.9 Å². The van der Waals surface area contributed by atoms with Crippen LogP contribution in [-0.4, -0.2) is 31.7 Å². The topological polar surface area (TPSA) is 92.3 Å². The highest BCUT2D eigenvalue weighted by Gasteiger charge is 2.33. The number of hydrogen-bond acceptors (Lipinski definition) is 4. The third-order valence-electron chi connectivity index (χ3n) is 3.91. The predicted octanol–water partition coefficient (Wildman–Crippen LogP) is 1.04. The van der Waals surface area contributed by atoms with Crippen LogP contribution in [0.4, 0.5) is 0 Å². The molecule has 0 unspecified atom stereocenters. The number of sulfone groups is 1. The van der Waals surface area contributed by atoms with Crippen LogP contribution in [0.25, 0.3) is 10.8 Å². The van der Waals surface area contributed by atoms with E-state index >= 15 is 0 Å². The second-order valence-electron chi connectivity index (χ2n) is 5.61. The van der Waals surface area contributed by atoms with Gasteiger partial charge in [0.2, 0.25) is 5.91 Å². The summed E-state index contributed by atoms with van der Waals surface area (Å²) >= 11 is 0. The number of fused-ring (bicyclic) bond motifs is 1. The average Bonchev–Trinajstić information content (AvgIpc) is 2.92. The minimum Gasteiger partial charge on any atom is -0.273 e. The summed E-state index contributed by atoms with van der Waals surface area (Å²) in [5.41, 5.74) is 5.06. The largest absolute Gasteiger partial charge is 0.273 e. The van der Waals surface area contributed by atoms with E-state index < -0.39 is 27.6 Å². The Labute approximate surface area is 133 Å². The molecule has 1 fully saturated rings. The molecule has 0 aliphatic carbocycles. The number of nitrogens with one attached hydrogen (secondary N) is 2. The first-order valence-electron chi connectivity index (χ1n) is 7.24. The number of hydrogen-bond donors (Lipinski definition) is 2. The lowest BCUT2D eigenvalue weighted by atomic mass is 10.1. The van der Waals surface area contributed by atoms with Gasteiger partial charge in [0.15, 0.2) is 9.84 Å². The van der Waals surface area contributed by atoms with Crippen LogP contribution in [0.2, 0.25) is 0 Å². The first-order valence-corrected chi connectivity index (χ1v) is 9.06. The van der Waals surface area contributed by atoms with Gasteiger partial charge in [-0.2, -0.15) is 0 Å². The van der Waals surface area contributed by atoms with Crippen molar-refractivity contribution in [3.8, 4) is 0 Å². The van der Waals surface area contributed by atoms with Gasteiger partial charge in [0, 0.05) is 5.56 Å². The molecule has 2 aromatic rings. The maximum absolute atomic E-state index is 12.1. The van der Waals surface area contributed by atoms with Crippen molar-refractivity contribution in [2.24, 2.45) is 5.92 Å². The van der Waals surface area contributed by atoms with Crippen LogP contribution in [0.15, 0.2) is 42.5 Å². The average molecular weight is 332 g/mol. The van der Waals surface area contributed by atoms with Gasteiger partial charge in [0.05, 0.1) is 17.4 Å². The van der Waals surface area contributed by atoms with Crippen molar-refractivity contribution >= 4 is 32.4 Å². The summed E-state index contributed by atoms with van der Waals surface area (Å²) in [7, 11) is -3.13. The molecule has 2 amide bonds. The van der Waals surface area contributed by atoms with Gasteiger partial charge in [-0.05, 0) is 29.3 Å². The number of carbonyl (C=O) groups is 2. The highest BCUT2D eigenvalue weighted by molar-refractivity contribution is 7.91. The zero-order chi connectivity index (χ0) is 16.4. The molecule has 1 atom stereocenters. The summed E-state index contributed by atoms with van der Waals surface area (Å²) in [4.78, 5) is 24.0. The summed E-state index contributed by atoms with van der Waals surface area (Å²) in [6.07, 6.45) is 0.292. The highest BCUT2D eigenvalue weighted by Crippen LogP contribution is 2.18. The molecule has 7 heteroatoms. The van der Waals surface area contributed by atoms with E-state index in [0.29, 0.717) is 12.0 Å². The summed E-state index contributed by atoms with van der Waals surface area (Å²) in [5.74, 6) is -1.66. The number of amides is 2. The number of carbonyl (C=O) groups excluding carboxylic acids is 2. The maximum atomic E-state index is 12.1. The van der Waals surface area contributed by atoms with Crippen molar-refractivity contribution in [2.75, 3.05) is 11.5 Å². The van der Waals surface area contributed by atoms with Crippen LogP contribution in [0.1, 0.15) is 16.8 Å². The molecule has 1 aliphatic rings. The van der Waals surface area contributed by atoms with Crippen LogP contribution in [-0.2, 0) is 14.6 Å². The second kappa shape index (κ2) is 6.00. The van der Waals surface area contributed by atoms with E-state index in [9.17, 15) is 18.0 Å². The van der Waals surface area contributed by atoms with E-state index in [1.165, 1.54) is 0 Å². The lowest BCUT2D eigenvalue weighted by molar-refractivity contribution is -0.125. The molecule has 2 aromatic carbocycles. The van der Waals surface area contributed by atoms with Crippen LogP contribution in [0.5, 0.6) is 0 Å². The summed E-state index contributed by atoms with van der Waals surface area (Å²) in [6.45, 7) is 0. The first kappa shape index (κ1) is 15.5. The Morgan fingerprint density at radius 3 is 2.43 bits per heavy atom. The Morgan fingerprint density at radius 2 is 1.74 bits per heavy atom. The van der Waals surface area contributed by atoms with Gasteiger partial charge in [-0.3, -0.25) is 20.4 Å². The van der Waals surface area contributed by atoms with E-state index in [0.717, 1.165) is 10.8 Å². The van der Waals surface area contributed by atoms with Crippen molar-refractivity contribution in [2.45, 2.75) is 6.42 Å². The van der Waals surface area contributed by atoms with Gasteiger partial charge < -0.3 is 0 Å². The number of benzene rings is 2. The quantitative estimate of drug-likeness (QED) is 0.804. The molecule has 3 rings (SSSR count). The van der Waals surface area contributed by atoms with Crippen molar-refractivity contribution < 1.29 is 18.0 Å². The molecule has 0 spiro atoms. The molecule has 1 heterocycles. The molecule has 23 heavy (non-hydrogen) atoms. The molecule has 6 nitrogen and oxygen atoms in total. The fraction of sp³-hybridized carbons (Fsp3) is 0.250. The second-order valence-corrected chi connectivity index (χ2v) is 7.83. The van der Waals surface area contributed by atoms with Crippen molar-refractivity contribution in [1.29, 1.82) is 0 Å². The van der Waals surface area contributed by atoms with E-state index in [1.807, 2.05) is 30.3 Å². The van der Waals surface area contributed by atoms with E-state index in [-0.39, 0.29) is 11.5 Å². The molecule has 0 radical (unpaired) electrons. The fourth-order valence-corrected chi connectivity index (χ4v) is 4.37. The standard InChI is InChI=1S/C16H16N2O4S/c19-15(13-6-5-11-3-1-2-4-12(11)9-13)17-18-16(20)14-7-8-23(21,22)10-14/h1-6,9,14H,7-8,10H2,(H,17,19)(H,18,20)/t14-/m1/s1. The third-order valence-corrected chi connectivity index (χ3v) is 5.68. The maximum Gasteiger partial charge on any atom is 0.269 e. The van der Waals surface area contributed by atoms with Crippen LogP contribution >= 0.6 is 0 Å². The SMILES string of the molecule is O=C(NNC(=O)[C@@H]1CCS(=O)(=O)C1)c1ccc2ccccc2c1. The number of rotatable bonds is 2. The summed E-state index contributed by atoms with van der Waals surface area (Å²) in [6, 6.07) is 12.9. The van der Waals surface area contributed by atoms with Gasteiger partial charge in [-0.15, -0.1) is 0 Å². The predicted molar refractivity (Wildman–Crippen MR) is 86.3 cm³/mol. The molecule has 0 bridgehead atoms. The van der Waals surface area contributed by atoms with E-state index in [4.69, 9.17) is 0 Å². The Kier molecular flexibility index (Phi) is 4.04. The van der Waals surface area contributed by atoms with Gasteiger partial charge in [0.25, 0.3) is 5.91 Å². The van der Waals surface area contributed by atoms with Crippen molar-refractivity contribution in [3.05, 3.63) is 48.0 Å². The zero-order valence-corrected chi connectivity index (χ0v) is 13.1. The van der Waals surface area contributed by atoms with Gasteiger partial charge >= 0.3 is 0 Å². The zero-order valence-electron chi connectivity index (χ0n) is 12.3. The molecule has 0 aromatic heterocycles. The Bertz CT molecular complexity index is 877. The van der Waals surface area contributed by atoms with Crippen molar-refractivity contribution in [3.63, 3.8) is 0 Å². The molecule has 0 saturated carbocycles. The first-order chi connectivity index (χ1) is 10.9. The molecular formula is C16H16N2O4S. The minimum absolute atomic E-state index is 0.0176. The lowest BCUT2D eigenvalue weighted by Gasteiger charge is -2.11. The fourth-order valence-electron chi connectivity index (χ4n) is 2.62. The van der Waals surface area contributed by atoms with E-state index in [2.05, 4.69) is 10.9 Å². The highest BCUT2D eigenvalue weighted by atomic mass is 32.2.